The summed E-state index contributed by atoms with van der Waals surface area (Å²) >= 11 is 4.62. The number of hydrogen-bond donors (Lipinski definition) is 0. The van der Waals surface area contributed by atoms with Crippen LogP contribution in [0.5, 0.6) is 0 Å². The number of nitrogens with zero attached hydrogens (tertiary/aromatic N) is 1. The van der Waals surface area contributed by atoms with Gasteiger partial charge in [0, 0.05) is 11.9 Å². The molecule has 0 spiro atoms. The molecule has 0 aliphatic rings. The molecule has 0 atom stereocenters. The van der Waals surface area contributed by atoms with Crippen molar-refractivity contribution < 1.29 is 13.3 Å². The molecule has 7 heteroatoms. The lowest BCUT2D eigenvalue weighted by molar-refractivity contribution is -0.0258. The summed E-state index contributed by atoms with van der Waals surface area (Å²) < 4.78 is 25.2. The van der Waals surface area contributed by atoms with Gasteiger partial charge in [0.1, 0.15) is 0 Å². The van der Waals surface area contributed by atoms with Crippen LogP contribution in [0.1, 0.15) is 4.88 Å². The Hall–Kier alpha value is 0.0500. The van der Waals surface area contributed by atoms with Crippen molar-refractivity contribution >= 4 is 37.3 Å². The van der Waals surface area contributed by atoms with Crippen LogP contribution >= 0.6 is 27.3 Å². The fourth-order valence-electron chi connectivity index (χ4n) is 0.923. The van der Waals surface area contributed by atoms with Crippen molar-refractivity contribution in [2.45, 2.75) is 11.8 Å². The first-order valence-electron chi connectivity index (χ1n) is 3.68. The fraction of sp³-hybridized carbons (Fsp3) is 0.429. The third-order valence-corrected chi connectivity index (χ3v) is 5.20. The average Bonchev–Trinajstić information content (AvgIpc) is 2.44. The van der Waals surface area contributed by atoms with Gasteiger partial charge in [-0.05, 0) is 28.9 Å². The molecule has 0 amide bonds. The molecule has 0 aromatic carbocycles. The first kappa shape index (κ1) is 12.1. The van der Waals surface area contributed by atoms with E-state index in [-0.39, 0.29) is 4.90 Å². The van der Waals surface area contributed by atoms with E-state index in [9.17, 15) is 8.42 Å². The summed E-state index contributed by atoms with van der Waals surface area (Å²) in [5.74, 6) is 0. The molecule has 4 nitrogen and oxygen atoms in total. The van der Waals surface area contributed by atoms with Gasteiger partial charge in [-0.3, -0.25) is 4.84 Å². The second-order valence-electron chi connectivity index (χ2n) is 2.57. The van der Waals surface area contributed by atoms with E-state index >= 15 is 0 Å². The summed E-state index contributed by atoms with van der Waals surface area (Å²) in [6, 6.07) is 1.57. The molecule has 0 unspecified atom stereocenters. The summed E-state index contributed by atoms with van der Waals surface area (Å²) in [7, 11) is -0.832. The number of thiophene rings is 1. The maximum absolute atomic E-state index is 11.8. The van der Waals surface area contributed by atoms with Crippen LogP contribution in [0.2, 0.25) is 0 Å². The summed E-state index contributed by atoms with van der Waals surface area (Å²) in [6.45, 7) is 1.76. The molecule has 0 radical (unpaired) electrons. The van der Waals surface area contributed by atoms with Crippen LogP contribution in [-0.2, 0) is 14.9 Å². The van der Waals surface area contributed by atoms with Crippen molar-refractivity contribution in [2.75, 3.05) is 14.2 Å². The highest BCUT2D eigenvalue weighted by molar-refractivity contribution is 9.11. The maximum atomic E-state index is 11.8. The van der Waals surface area contributed by atoms with E-state index in [4.69, 9.17) is 0 Å². The van der Waals surface area contributed by atoms with Crippen LogP contribution in [0.3, 0.4) is 0 Å². The molecule has 1 aromatic rings. The fourth-order valence-corrected chi connectivity index (χ4v) is 4.28. The molecule has 14 heavy (non-hydrogen) atoms. The molecule has 0 bridgehead atoms. The van der Waals surface area contributed by atoms with E-state index < -0.39 is 10.0 Å². The smallest absolute Gasteiger partial charge is 0.265 e. The van der Waals surface area contributed by atoms with Gasteiger partial charge in [0.25, 0.3) is 10.0 Å². The predicted molar refractivity (Wildman–Crippen MR) is 58.7 cm³/mol. The van der Waals surface area contributed by atoms with Crippen molar-refractivity contribution in [1.82, 2.24) is 4.47 Å². The van der Waals surface area contributed by atoms with Crippen LogP contribution in [0.25, 0.3) is 0 Å². The van der Waals surface area contributed by atoms with Crippen LogP contribution < -0.4 is 0 Å². The SMILES string of the molecule is CON(C)S(=O)(=O)c1cc(Br)sc1C. The Morgan fingerprint density at radius 3 is 2.50 bits per heavy atom. The van der Waals surface area contributed by atoms with Gasteiger partial charge >= 0.3 is 0 Å². The van der Waals surface area contributed by atoms with Crippen molar-refractivity contribution in [3.8, 4) is 0 Å². The van der Waals surface area contributed by atoms with E-state index in [1.165, 1.54) is 25.5 Å². The van der Waals surface area contributed by atoms with Crippen LogP contribution in [-0.4, -0.2) is 27.0 Å². The molecule has 0 N–H and O–H groups in total. The van der Waals surface area contributed by atoms with E-state index in [0.717, 1.165) is 13.1 Å². The molecule has 0 fully saturated rings. The Labute approximate surface area is 95.6 Å². The maximum Gasteiger partial charge on any atom is 0.265 e. The van der Waals surface area contributed by atoms with Gasteiger partial charge in [-0.1, -0.05) is 4.47 Å². The van der Waals surface area contributed by atoms with E-state index in [1.54, 1.807) is 13.0 Å². The monoisotopic (exact) mass is 299 g/mol. The molecule has 80 valence electrons. The van der Waals surface area contributed by atoms with Crippen molar-refractivity contribution in [3.05, 3.63) is 14.7 Å². The highest BCUT2D eigenvalue weighted by Crippen LogP contribution is 2.30. The van der Waals surface area contributed by atoms with Gasteiger partial charge in [0.2, 0.25) is 0 Å². The number of sulfonamides is 1. The largest absolute Gasteiger partial charge is 0.288 e. The van der Waals surface area contributed by atoms with Gasteiger partial charge in [-0.2, -0.15) is 0 Å². The lowest BCUT2D eigenvalue weighted by atomic mass is 10.5. The molecule has 0 aliphatic heterocycles. The second kappa shape index (κ2) is 4.28. The minimum atomic E-state index is -3.51. The van der Waals surface area contributed by atoms with Crippen molar-refractivity contribution in [1.29, 1.82) is 0 Å². The standard InChI is InChI=1S/C7H10BrNO3S2/c1-5-6(4-7(8)13-5)14(10,11)9(2)12-3/h4H,1-3H3. The summed E-state index contributed by atoms with van der Waals surface area (Å²) in [4.78, 5) is 5.68. The Bertz CT molecular complexity index is 426. The van der Waals surface area contributed by atoms with Gasteiger partial charge < -0.3 is 0 Å². The Morgan fingerprint density at radius 2 is 2.14 bits per heavy atom. The van der Waals surface area contributed by atoms with E-state index in [2.05, 4.69) is 20.8 Å². The molecule has 0 saturated carbocycles. The number of halogens is 1. The molecule has 1 aromatic heterocycles. The zero-order valence-electron chi connectivity index (χ0n) is 7.94. The van der Waals surface area contributed by atoms with Crippen LogP contribution in [0.4, 0.5) is 0 Å². The van der Waals surface area contributed by atoms with E-state index in [0.29, 0.717) is 0 Å². The number of hydroxylamine groups is 1. The second-order valence-corrected chi connectivity index (χ2v) is 7.11. The first-order valence-corrected chi connectivity index (χ1v) is 6.73. The van der Waals surface area contributed by atoms with E-state index in [1.807, 2.05) is 0 Å². The predicted octanol–water partition coefficient (Wildman–Crippen LogP) is 2.00. The topological polar surface area (TPSA) is 46.6 Å². The van der Waals surface area contributed by atoms with Crippen LogP contribution in [0.15, 0.2) is 14.7 Å². The zero-order valence-corrected chi connectivity index (χ0v) is 11.2. The first-order chi connectivity index (χ1) is 6.39. The van der Waals surface area contributed by atoms with Gasteiger partial charge in [-0.25, -0.2) is 8.42 Å². The molecule has 0 saturated heterocycles. The minimum Gasteiger partial charge on any atom is -0.288 e. The quantitative estimate of drug-likeness (QED) is 0.802. The number of hydrogen-bond acceptors (Lipinski definition) is 4. The third kappa shape index (κ3) is 2.17. The van der Waals surface area contributed by atoms with Crippen LogP contribution in [0, 0.1) is 6.92 Å². The average molecular weight is 300 g/mol. The lowest BCUT2D eigenvalue weighted by Crippen LogP contribution is -2.25. The summed E-state index contributed by atoms with van der Waals surface area (Å²) in [6.07, 6.45) is 0. The Morgan fingerprint density at radius 1 is 1.57 bits per heavy atom. The Kier molecular flexibility index (Phi) is 3.70. The van der Waals surface area contributed by atoms with Crippen molar-refractivity contribution in [3.63, 3.8) is 0 Å². The molecule has 0 aliphatic carbocycles. The zero-order chi connectivity index (χ0) is 10.9. The third-order valence-electron chi connectivity index (χ3n) is 1.72. The number of aryl methyl sites for hydroxylation is 1. The minimum absolute atomic E-state index is 0.277. The Balaban J connectivity index is 3.23. The van der Waals surface area contributed by atoms with Gasteiger partial charge in [-0.15, -0.1) is 11.3 Å². The molecule has 1 heterocycles. The summed E-state index contributed by atoms with van der Waals surface area (Å²) in [5.41, 5.74) is 0. The lowest BCUT2D eigenvalue weighted by Gasteiger charge is -2.13. The highest BCUT2D eigenvalue weighted by atomic mass is 79.9. The molecular formula is C7H10BrNO3S2. The normalized spacial score (nSPS) is 12.4. The summed E-state index contributed by atoms with van der Waals surface area (Å²) in [5, 5.41) is 0. The van der Waals surface area contributed by atoms with Crippen molar-refractivity contribution in [2.24, 2.45) is 0 Å². The molecular weight excluding hydrogens is 290 g/mol. The highest BCUT2D eigenvalue weighted by Gasteiger charge is 2.24. The van der Waals surface area contributed by atoms with Gasteiger partial charge in [0.15, 0.2) is 0 Å². The molecule has 1 rings (SSSR count). The van der Waals surface area contributed by atoms with Gasteiger partial charge in [0.05, 0.1) is 15.8 Å². The number of rotatable bonds is 3.